The zero-order valence-corrected chi connectivity index (χ0v) is 13.6. The zero-order chi connectivity index (χ0) is 15.3. The van der Waals surface area contributed by atoms with Crippen LogP contribution in [0.25, 0.3) is 10.9 Å². The van der Waals surface area contributed by atoms with E-state index < -0.39 is 0 Å². The van der Waals surface area contributed by atoms with Gasteiger partial charge in [-0.3, -0.25) is 9.59 Å². The van der Waals surface area contributed by atoms with Crippen LogP contribution in [0.2, 0.25) is 0 Å². The second-order valence-corrected chi connectivity index (χ2v) is 6.60. The van der Waals surface area contributed by atoms with E-state index in [2.05, 4.69) is 22.0 Å². The van der Waals surface area contributed by atoms with E-state index in [9.17, 15) is 9.59 Å². The largest absolute Gasteiger partial charge is 0.378 e. The third kappa shape index (κ3) is 2.09. The molecule has 0 radical (unpaired) electrons. The van der Waals surface area contributed by atoms with Crippen molar-refractivity contribution in [2.45, 2.75) is 13.0 Å². The smallest absolute Gasteiger partial charge is 0.259 e. The van der Waals surface area contributed by atoms with Gasteiger partial charge in [0.15, 0.2) is 0 Å². The Morgan fingerprint density at radius 1 is 1.18 bits per heavy atom. The average molecular weight is 363 g/mol. The van der Waals surface area contributed by atoms with E-state index in [4.69, 9.17) is 4.74 Å². The van der Waals surface area contributed by atoms with Gasteiger partial charge in [0.1, 0.15) is 5.56 Å². The molecule has 4 rings (SSSR count). The highest BCUT2D eigenvalue weighted by atomic mass is 79.9. The summed E-state index contributed by atoms with van der Waals surface area (Å²) in [6.45, 7) is 2.96. The minimum Gasteiger partial charge on any atom is -0.378 e. The number of carbonyl (C=O) groups excluding carboxylic acids is 1. The summed E-state index contributed by atoms with van der Waals surface area (Å²) in [6, 6.07) is 3.87. The van der Waals surface area contributed by atoms with E-state index in [1.165, 1.54) is 0 Å². The van der Waals surface area contributed by atoms with E-state index in [1.54, 1.807) is 11.1 Å². The van der Waals surface area contributed by atoms with Crippen LogP contribution in [0.15, 0.2) is 27.6 Å². The van der Waals surface area contributed by atoms with Crippen molar-refractivity contribution in [1.29, 1.82) is 0 Å². The highest BCUT2D eigenvalue weighted by molar-refractivity contribution is 9.10. The van der Waals surface area contributed by atoms with Gasteiger partial charge in [0.25, 0.3) is 5.91 Å². The molecule has 3 heterocycles. The van der Waals surface area contributed by atoms with Gasteiger partial charge in [-0.25, -0.2) is 0 Å². The maximum absolute atomic E-state index is 12.8. The molecule has 1 saturated heterocycles. The number of aryl methyl sites for hydroxylation is 2. The van der Waals surface area contributed by atoms with Gasteiger partial charge in [0.2, 0.25) is 5.43 Å². The molecule has 2 aliphatic heterocycles. The molecule has 1 fully saturated rings. The van der Waals surface area contributed by atoms with Crippen LogP contribution in [0.4, 0.5) is 0 Å². The van der Waals surface area contributed by atoms with Crippen molar-refractivity contribution in [3.8, 4) is 0 Å². The summed E-state index contributed by atoms with van der Waals surface area (Å²) >= 11 is 3.46. The fraction of sp³-hybridized carbons (Fsp3) is 0.375. The van der Waals surface area contributed by atoms with Crippen molar-refractivity contribution in [2.24, 2.45) is 0 Å². The number of rotatable bonds is 1. The number of ether oxygens (including phenoxy) is 1. The second-order valence-electron chi connectivity index (χ2n) is 5.68. The van der Waals surface area contributed by atoms with Gasteiger partial charge in [0, 0.05) is 35.7 Å². The molecule has 6 heteroatoms. The summed E-state index contributed by atoms with van der Waals surface area (Å²) in [5.74, 6) is -0.188. The number of aromatic nitrogens is 1. The molecule has 0 atom stereocenters. The van der Waals surface area contributed by atoms with E-state index in [0.29, 0.717) is 31.7 Å². The Bertz CT molecular complexity index is 837. The maximum Gasteiger partial charge on any atom is 0.259 e. The van der Waals surface area contributed by atoms with Crippen LogP contribution in [-0.4, -0.2) is 41.7 Å². The van der Waals surface area contributed by atoms with Crippen LogP contribution < -0.4 is 5.43 Å². The molecule has 0 bridgehead atoms. The van der Waals surface area contributed by atoms with Crippen molar-refractivity contribution in [3.63, 3.8) is 0 Å². The fourth-order valence-corrected chi connectivity index (χ4v) is 3.79. The molecule has 22 heavy (non-hydrogen) atoms. The highest BCUT2D eigenvalue weighted by Crippen LogP contribution is 2.28. The number of morpholine rings is 1. The SMILES string of the molecule is O=C(c1cn2c3c(cc(Br)cc3c1=O)CC2)N1CCOCC1. The monoisotopic (exact) mass is 362 g/mol. The summed E-state index contributed by atoms with van der Waals surface area (Å²) in [4.78, 5) is 27.2. The van der Waals surface area contributed by atoms with Gasteiger partial charge < -0.3 is 14.2 Å². The van der Waals surface area contributed by atoms with E-state index in [1.807, 2.05) is 10.6 Å². The number of nitrogens with zero attached hydrogens (tertiary/aromatic N) is 2. The Morgan fingerprint density at radius 2 is 1.95 bits per heavy atom. The van der Waals surface area contributed by atoms with Crippen LogP contribution in [0, 0.1) is 0 Å². The predicted molar refractivity (Wildman–Crippen MR) is 86.3 cm³/mol. The van der Waals surface area contributed by atoms with Crippen LogP contribution in [0.5, 0.6) is 0 Å². The molecule has 0 N–H and O–H groups in total. The molecular weight excluding hydrogens is 348 g/mol. The Hall–Kier alpha value is -1.66. The number of carbonyl (C=O) groups is 1. The molecule has 1 aromatic heterocycles. The summed E-state index contributed by atoms with van der Waals surface area (Å²) < 4.78 is 8.19. The third-order valence-electron chi connectivity index (χ3n) is 4.37. The lowest BCUT2D eigenvalue weighted by atomic mass is 10.1. The Kier molecular flexibility index (Phi) is 3.31. The molecule has 2 aromatic rings. The van der Waals surface area contributed by atoms with Crippen molar-refractivity contribution in [2.75, 3.05) is 26.3 Å². The number of halogens is 1. The van der Waals surface area contributed by atoms with Crippen molar-refractivity contribution < 1.29 is 9.53 Å². The van der Waals surface area contributed by atoms with Gasteiger partial charge in [-0.1, -0.05) is 15.9 Å². The quantitative estimate of drug-likeness (QED) is 0.777. The molecule has 0 aliphatic carbocycles. The van der Waals surface area contributed by atoms with E-state index in [-0.39, 0.29) is 16.9 Å². The highest BCUT2D eigenvalue weighted by Gasteiger charge is 2.25. The fourth-order valence-electron chi connectivity index (χ4n) is 3.29. The van der Waals surface area contributed by atoms with Gasteiger partial charge in [-0.05, 0) is 24.1 Å². The van der Waals surface area contributed by atoms with Crippen LogP contribution >= 0.6 is 15.9 Å². The van der Waals surface area contributed by atoms with Crippen molar-refractivity contribution in [3.05, 3.63) is 44.2 Å². The molecule has 2 aliphatic rings. The van der Waals surface area contributed by atoms with E-state index >= 15 is 0 Å². The number of hydrogen-bond donors (Lipinski definition) is 0. The standard InChI is InChI=1S/C16H15BrN2O3/c17-11-7-10-1-2-19-9-13(15(20)12(8-11)14(10)19)16(21)18-3-5-22-6-4-18/h7-9H,1-6H2. The molecule has 114 valence electrons. The molecular formula is C16H15BrN2O3. The molecule has 0 spiro atoms. The molecule has 1 aromatic carbocycles. The van der Waals surface area contributed by atoms with Gasteiger partial charge in [0.05, 0.1) is 18.7 Å². The Morgan fingerprint density at radius 3 is 2.73 bits per heavy atom. The number of benzene rings is 1. The van der Waals surface area contributed by atoms with Crippen molar-refractivity contribution >= 4 is 32.7 Å². The summed E-state index contributed by atoms with van der Waals surface area (Å²) in [7, 11) is 0. The summed E-state index contributed by atoms with van der Waals surface area (Å²) in [5, 5.41) is 0.626. The minimum atomic E-state index is -0.188. The van der Waals surface area contributed by atoms with E-state index in [0.717, 1.165) is 28.5 Å². The number of hydrogen-bond acceptors (Lipinski definition) is 3. The molecule has 1 amide bonds. The first-order valence-corrected chi connectivity index (χ1v) is 8.17. The van der Waals surface area contributed by atoms with Gasteiger partial charge >= 0.3 is 0 Å². The predicted octanol–water partition coefficient (Wildman–Crippen LogP) is 1.79. The lowest BCUT2D eigenvalue weighted by Crippen LogP contribution is -2.42. The Balaban J connectivity index is 1.88. The van der Waals surface area contributed by atoms with Crippen LogP contribution in [0.3, 0.4) is 0 Å². The van der Waals surface area contributed by atoms with Gasteiger partial charge in [-0.15, -0.1) is 0 Å². The van der Waals surface area contributed by atoms with Crippen LogP contribution in [0.1, 0.15) is 15.9 Å². The van der Waals surface area contributed by atoms with Gasteiger partial charge in [-0.2, -0.15) is 0 Å². The zero-order valence-electron chi connectivity index (χ0n) is 12.0. The summed E-state index contributed by atoms with van der Waals surface area (Å²) in [6.07, 6.45) is 2.62. The first kappa shape index (κ1) is 14.0. The van der Waals surface area contributed by atoms with Crippen LogP contribution in [-0.2, 0) is 17.7 Å². The van der Waals surface area contributed by atoms with Crippen molar-refractivity contribution in [1.82, 2.24) is 9.47 Å². The third-order valence-corrected chi connectivity index (χ3v) is 4.82. The minimum absolute atomic E-state index is 0.174. The first-order valence-electron chi connectivity index (χ1n) is 7.38. The maximum atomic E-state index is 12.8. The first-order chi connectivity index (χ1) is 10.6. The average Bonchev–Trinajstić information content (AvgIpc) is 2.94. The molecule has 0 saturated carbocycles. The topological polar surface area (TPSA) is 51.5 Å². The number of amides is 1. The lowest BCUT2D eigenvalue weighted by Gasteiger charge is -2.26. The second kappa shape index (κ2) is 5.21. The lowest BCUT2D eigenvalue weighted by molar-refractivity contribution is 0.0301. The normalized spacial score (nSPS) is 17.2. The summed E-state index contributed by atoms with van der Waals surface area (Å²) in [5.41, 5.74) is 2.21. The Labute approximate surface area is 135 Å². The number of pyridine rings is 1. The molecule has 5 nitrogen and oxygen atoms in total. The molecule has 0 unspecified atom stereocenters.